The number of hydrogen-bond donors (Lipinski definition) is 1. The number of carbonyl (C=O) groups is 2. The van der Waals surface area contributed by atoms with E-state index in [0.29, 0.717) is 10.6 Å². The van der Waals surface area contributed by atoms with Crippen molar-refractivity contribution in [2.24, 2.45) is 0 Å². The van der Waals surface area contributed by atoms with Crippen LogP contribution in [-0.4, -0.2) is 56.6 Å². The molecular formula is C27H30ClN3O3S. The summed E-state index contributed by atoms with van der Waals surface area (Å²) >= 11 is 7.54. The van der Waals surface area contributed by atoms with E-state index in [1.807, 2.05) is 49.6 Å². The minimum Gasteiger partial charge on any atom is -0.465 e. The van der Waals surface area contributed by atoms with Gasteiger partial charge < -0.3 is 15.0 Å². The number of nitrogens with zero attached hydrogens (tertiary/aromatic N) is 2. The highest BCUT2D eigenvalue weighted by atomic mass is 35.5. The molecule has 1 amide bonds. The van der Waals surface area contributed by atoms with Crippen LogP contribution in [-0.2, 0) is 9.53 Å². The number of anilines is 2. The normalized spacial score (nSPS) is 14.1. The first-order valence-electron chi connectivity index (χ1n) is 11.6. The molecule has 0 unspecified atom stereocenters. The number of nitrogens with one attached hydrogen (secondary N) is 1. The molecule has 1 aliphatic heterocycles. The maximum absolute atomic E-state index is 12.9. The Morgan fingerprint density at radius 1 is 1.00 bits per heavy atom. The average Bonchev–Trinajstić information content (AvgIpc) is 3.25. The fourth-order valence-electron chi connectivity index (χ4n) is 4.42. The van der Waals surface area contributed by atoms with Crippen LogP contribution in [0.4, 0.5) is 10.7 Å². The monoisotopic (exact) mass is 511 g/mol. The van der Waals surface area contributed by atoms with Crippen LogP contribution in [0, 0.1) is 20.8 Å². The van der Waals surface area contributed by atoms with Crippen molar-refractivity contribution in [3.63, 3.8) is 0 Å². The summed E-state index contributed by atoms with van der Waals surface area (Å²) in [6, 6.07) is 12.1. The molecule has 8 heteroatoms. The Balaban J connectivity index is 1.44. The number of rotatable bonds is 6. The van der Waals surface area contributed by atoms with Gasteiger partial charge in [-0.2, -0.15) is 0 Å². The number of hydrogen-bond acceptors (Lipinski definition) is 6. The molecule has 0 spiro atoms. The molecule has 0 bridgehead atoms. The van der Waals surface area contributed by atoms with Gasteiger partial charge in [0.05, 0.1) is 13.7 Å². The second-order valence-electron chi connectivity index (χ2n) is 8.91. The summed E-state index contributed by atoms with van der Waals surface area (Å²) < 4.78 is 5.06. The summed E-state index contributed by atoms with van der Waals surface area (Å²) in [5.41, 5.74) is 6.64. The number of halogens is 1. The molecule has 0 atom stereocenters. The third kappa shape index (κ3) is 5.69. The number of aryl methyl sites for hydroxylation is 3. The quantitative estimate of drug-likeness (QED) is 0.440. The Hall–Kier alpha value is -2.87. The van der Waals surface area contributed by atoms with Crippen LogP contribution in [0.1, 0.15) is 27.0 Å². The van der Waals surface area contributed by atoms with Crippen LogP contribution in [0.2, 0.25) is 5.02 Å². The average molecular weight is 512 g/mol. The molecule has 1 N–H and O–H groups in total. The second-order valence-corrected chi connectivity index (χ2v) is 10.2. The van der Waals surface area contributed by atoms with Gasteiger partial charge in [-0.1, -0.05) is 41.4 Å². The van der Waals surface area contributed by atoms with Crippen LogP contribution >= 0.6 is 22.9 Å². The minimum absolute atomic E-state index is 0.142. The van der Waals surface area contributed by atoms with Gasteiger partial charge in [0, 0.05) is 47.8 Å². The van der Waals surface area contributed by atoms with Crippen LogP contribution in [0.3, 0.4) is 0 Å². The lowest BCUT2D eigenvalue weighted by atomic mass is 9.97. The standard InChI is InChI=1S/C27H30ClN3O3S/c1-17-5-6-18(2)21(13-17)22-16-35-26(25(22)27(33)34-4)29-24(32)15-30-9-11-31(12-10-30)23-14-20(28)8-7-19(23)3/h5-8,13-14,16H,9-12,15H2,1-4H3,(H,29,32). The maximum atomic E-state index is 12.9. The second kappa shape index (κ2) is 10.8. The van der Waals surface area contributed by atoms with Gasteiger partial charge in [-0.25, -0.2) is 4.79 Å². The van der Waals surface area contributed by atoms with E-state index in [4.69, 9.17) is 16.3 Å². The van der Waals surface area contributed by atoms with Crippen molar-refractivity contribution in [3.8, 4) is 11.1 Å². The zero-order valence-corrected chi connectivity index (χ0v) is 22.1. The number of benzene rings is 2. The van der Waals surface area contributed by atoms with Gasteiger partial charge in [-0.05, 0) is 49.6 Å². The fraction of sp³-hybridized carbons (Fsp3) is 0.333. The molecule has 0 aliphatic carbocycles. The van der Waals surface area contributed by atoms with Gasteiger partial charge in [-0.15, -0.1) is 11.3 Å². The van der Waals surface area contributed by atoms with Gasteiger partial charge in [0.15, 0.2) is 0 Å². The van der Waals surface area contributed by atoms with Crippen LogP contribution in [0.15, 0.2) is 41.8 Å². The van der Waals surface area contributed by atoms with Crippen molar-refractivity contribution in [3.05, 3.63) is 69.1 Å². The number of amides is 1. The molecule has 0 saturated carbocycles. The molecule has 2 aromatic carbocycles. The van der Waals surface area contributed by atoms with E-state index in [0.717, 1.165) is 59.1 Å². The Morgan fingerprint density at radius 3 is 2.43 bits per heavy atom. The fourth-order valence-corrected chi connectivity index (χ4v) is 5.55. The molecule has 0 radical (unpaired) electrons. The van der Waals surface area contributed by atoms with Crippen LogP contribution in [0.5, 0.6) is 0 Å². The summed E-state index contributed by atoms with van der Waals surface area (Å²) in [5.74, 6) is -0.597. The number of ether oxygens (including phenoxy) is 1. The molecule has 1 aliphatic rings. The number of thiophene rings is 1. The van der Waals surface area contributed by atoms with Crippen LogP contribution in [0.25, 0.3) is 11.1 Å². The molecule has 1 saturated heterocycles. The first kappa shape index (κ1) is 25.2. The van der Waals surface area contributed by atoms with E-state index < -0.39 is 5.97 Å². The Kier molecular flexibility index (Phi) is 7.79. The van der Waals surface area contributed by atoms with Crippen molar-refractivity contribution in [1.82, 2.24) is 4.90 Å². The highest BCUT2D eigenvalue weighted by molar-refractivity contribution is 7.15. The molecule has 1 aromatic heterocycles. The Bertz CT molecular complexity index is 1250. The van der Waals surface area contributed by atoms with E-state index >= 15 is 0 Å². The SMILES string of the molecule is COC(=O)c1c(-c2cc(C)ccc2C)csc1NC(=O)CN1CCN(c2cc(Cl)ccc2C)CC1. The van der Waals surface area contributed by atoms with Gasteiger partial charge in [0.25, 0.3) is 0 Å². The van der Waals surface area contributed by atoms with Crippen molar-refractivity contribution in [1.29, 1.82) is 0 Å². The predicted molar refractivity (Wildman–Crippen MR) is 144 cm³/mol. The van der Waals surface area contributed by atoms with E-state index in [2.05, 4.69) is 28.1 Å². The summed E-state index contributed by atoms with van der Waals surface area (Å²) in [6.07, 6.45) is 0. The van der Waals surface area contributed by atoms with Gasteiger partial charge in [0.2, 0.25) is 5.91 Å². The molecule has 6 nitrogen and oxygen atoms in total. The van der Waals surface area contributed by atoms with E-state index in [1.165, 1.54) is 24.0 Å². The summed E-state index contributed by atoms with van der Waals surface area (Å²) in [5, 5.41) is 6.12. The molecule has 35 heavy (non-hydrogen) atoms. The first-order chi connectivity index (χ1) is 16.8. The number of carbonyl (C=O) groups excluding carboxylic acids is 2. The number of piperazine rings is 1. The lowest BCUT2D eigenvalue weighted by Gasteiger charge is -2.36. The lowest BCUT2D eigenvalue weighted by molar-refractivity contribution is -0.117. The molecule has 2 heterocycles. The van der Waals surface area contributed by atoms with Crippen molar-refractivity contribution < 1.29 is 14.3 Å². The topological polar surface area (TPSA) is 61.9 Å². The lowest BCUT2D eigenvalue weighted by Crippen LogP contribution is -2.48. The number of methoxy groups -OCH3 is 1. The van der Waals surface area contributed by atoms with Crippen molar-refractivity contribution in [2.75, 3.05) is 50.1 Å². The smallest absolute Gasteiger partial charge is 0.341 e. The zero-order valence-electron chi connectivity index (χ0n) is 20.5. The summed E-state index contributed by atoms with van der Waals surface area (Å²) in [4.78, 5) is 30.1. The highest BCUT2D eigenvalue weighted by Gasteiger charge is 2.25. The maximum Gasteiger partial charge on any atom is 0.341 e. The molecular weight excluding hydrogens is 482 g/mol. The Morgan fingerprint density at radius 2 is 1.71 bits per heavy atom. The van der Waals surface area contributed by atoms with Crippen molar-refractivity contribution >= 4 is 45.5 Å². The zero-order chi connectivity index (χ0) is 25.1. The summed E-state index contributed by atoms with van der Waals surface area (Å²) in [6.45, 7) is 9.54. The van der Waals surface area contributed by atoms with E-state index in [9.17, 15) is 9.59 Å². The number of esters is 1. The highest BCUT2D eigenvalue weighted by Crippen LogP contribution is 2.38. The minimum atomic E-state index is -0.456. The first-order valence-corrected chi connectivity index (χ1v) is 12.8. The van der Waals surface area contributed by atoms with Gasteiger partial charge >= 0.3 is 5.97 Å². The summed E-state index contributed by atoms with van der Waals surface area (Å²) in [7, 11) is 1.36. The third-order valence-corrected chi connectivity index (χ3v) is 7.50. The predicted octanol–water partition coefficient (Wildman–Crippen LogP) is 5.54. The molecule has 4 rings (SSSR count). The van der Waals surface area contributed by atoms with Gasteiger partial charge in [0.1, 0.15) is 10.6 Å². The van der Waals surface area contributed by atoms with Crippen molar-refractivity contribution in [2.45, 2.75) is 20.8 Å². The molecule has 184 valence electrons. The Labute approximate surface area is 215 Å². The van der Waals surface area contributed by atoms with E-state index in [-0.39, 0.29) is 12.5 Å². The largest absolute Gasteiger partial charge is 0.465 e. The van der Waals surface area contributed by atoms with Gasteiger partial charge in [-0.3, -0.25) is 9.69 Å². The van der Waals surface area contributed by atoms with Crippen LogP contribution < -0.4 is 10.2 Å². The molecule has 3 aromatic rings. The van der Waals surface area contributed by atoms with E-state index in [1.54, 1.807) is 0 Å². The molecule has 1 fully saturated rings. The third-order valence-electron chi connectivity index (χ3n) is 6.37.